The van der Waals surface area contributed by atoms with E-state index in [-0.39, 0.29) is 23.7 Å². The van der Waals surface area contributed by atoms with Crippen LogP contribution in [0.25, 0.3) is 0 Å². The van der Waals surface area contributed by atoms with Crippen molar-refractivity contribution in [2.45, 2.75) is 20.3 Å². The largest absolute Gasteiger partial charge is 0.478 e. The number of hydrogen-bond acceptors (Lipinski definition) is 2. The fourth-order valence-corrected chi connectivity index (χ4v) is 1.27. The predicted molar refractivity (Wildman–Crippen MR) is 48.3 cm³/mol. The molecule has 0 aromatic heterocycles. The van der Waals surface area contributed by atoms with Crippen molar-refractivity contribution >= 4 is 11.8 Å². The van der Waals surface area contributed by atoms with E-state index < -0.39 is 5.97 Å². The van der Waals surface area contributed by atoms with Crippen LogP contribution in [0, 0.1) is 5.92 Å². The first-order valence-electron chi connectivity index (χ1n) is 4.20. The zero-order valence-electron chi connectivity index (χ0n) is 7.70. The molecule has 13 heavy (non-hydrogen) atoms. The molecule has 70 valence electrons. The molecule has 0 unspecified atom stereocenters. The highest BCUT2D eigenvalue weighted by Gasteiger charge is 2.19. The smallest absolute Gasteiger partial charge is 0.335 e. The van der Waals surface area contributed by atoms with E-state index in [0.717, 1.165) is 0 Å². The second kappa shape index (κ2) is 3.56. The standard InChI is InChI=1S/C10H12O3/c1-6(2)8-5-7(10(12)13)3-4-9(8)11/h3,5-6H,4H2,1-2H3,(H,12,13). The van der Waals surface area contributed by atoms with Gasteiger partial charge in [-0.1, -0.05) is 19.9 Å². The number of carbonyl (C=O) groups is 2. The van der Waals surface area contributed by atoms with Crippen molar-refractivity contribution in [2.75, 3.05) is 0 Å². The van der Waals surface area contributed by atoms with Crippen LogP contribution < -0.4 is 0 Å². The van der Waals surface area contributed by atoms with Gasteiger partial charge in [-0.05, 0) is 17.6 Å². The van der Waals surface area contributed by atoms with Crippen LogP contribution in [0.3, 0.4) is 0 Å². The molecule has 0 saturated heterocycles. The number of allylic oxidation sites excluding steroid dienone is 2. The van der Waals surface area contributed by atoms with Crippen LogP contribution in [-0.4, -0.2) is 16.9 Å². The van der Waals surface area contributed by atoms with Gasteiger partial charge in [-0.15, -0.1) is 0 Å². The number of aliphatic carboxylic acids is 1. The van der Waals surface area contributed by atoms with E-state index in [9.17, 15) is 9.59 Å². The summed E-state index contributed by atoms with van der Waals surface area (Å²) in [5, 5.41) is 8.70. The molecular formula is C10H12O3. The van der Waals surface area contributed by atoms with Gasteiger partial charge in [0.2, 0.25) is 0 Å². The van der Waals surface area contributed by atoms with Crippen LogP contribution in [0.15, 0.2) is 23.3 Å². The average molecular weight is 180 g/mol. The van der Waals surface area contributed by atoms with Gasteiger partial charge in [0.1, 0.15) is 0 Å². The maximum absolute atomic E-state index is 11.3. The lowest BCUT2D eigenvalue weighted by Crippen LogP contribution is -2.14. The Bertz CT molecular complexity index is 308. The van der Waals surface area contributed by atoms with Crippen molar-refractivity contribution in [3.05, 3.63) is 23.3 Å². The van der Waals surface area contributed by atoms with Crippen LogP contribution in [0.2, 0.25) is 0 Å². The van der Waals surface area contributed by atoms with E-state index >= 15 is 0 Å². The van der Waals surface area contributed by atoms with Crippen LogP contribution in [0.4, 0.5) is 0 Å². The lowest BCUT2D eigenvalue weighted by Gasteiger charge is -2.13. The second-order valence-corrected chi connectivity index (χ2v) is 3.35. The van der Waals surface area contributed by atoms with E-state index in [2.05, 4.69) is 0 Å². The van der Waals surface area contributed by atoms with Crippen molar-refractivity contribution in [1.82, 2.24) is 0 Å². The molecule has 0 fully saturated rings. The Hall–Kier alpha value is -1.38. The molecule has 1 aliphatic rings. The van der Waals surface area contributed by atoms with Crippen molar-refractivity contribution < 1.29 is 14.7 Å². The Morgan fingerprint density at radius 1 is 1.54 bits per heavy atom. The van der Waals surface area contributed by atoms with Crippen molar-refractivity contribution in [2.24, 2.45) is 5.92 Å². The zero-order valence-corrected chi connectivity index (χ0v) is 7.70. The SMILES string of the molecule is CC(C)C1=CC(C(=O)O)=CCC1=O. The van der Waals surface area contributed by atoms with E-state index in [1.807, 2.05) is 13.8 Å². The molecule has 0 atom stereocenters. The Labute approximate surface area is 76.8 Å². The second-order valence-electron chi connectivity index (χ2n) is 3.35. The van der Waals surface area contributed by atoms with Crippen LogP contribution in [0.1, 0.15) is 20.3 Å². The van der Waals surface area contributed by atoms with Crippen LogP contribution in [0.5, 0.6) is 0 Å². The van der Waals surface area contributed by atoms with Gasteiger partial charge >= 0.3 is 5.97 Å². The minimum atomic E-state index is -0.967. The average Bonchev–Trinajstić information content (AvgIpc) is 2.04. The van der Waals surface area contributed by atoms with Gasteiger partial charge in [0.15, 0.2) is 5.78 Å². The molecule has 1 rings (SSSR count). The third-order valence-electron chi connectivity index (χ3n) is 2.01. The number of carboxylic acid groups (broad SMARTS) is 1. The first-order valence-corrected chi connectivity index (χ1v) is 4.20. The lowest BCUT2D eigenvalue weighted by molar-refractivity contribution is -0.132. The fraction of sp³-hybridized carbons (Fsp3) is 0.400. The van der Waals surface area contributed by atoms with Gasteiger partial charge in [0, 0.05) is 6.42 Å². The molecule has 0 aromatic carbocycles. The summed E-state index contributed by atoms with van der Waals surface area (Å²) in [6.45, 7) is 3.77. The number of carboxylic acids is 1. The molecule has 3 nitrogen and oxygen atoms in total. The molecule has 0 saturated carbocycles. The molecular weight excluding hydrogens is 168 g/mol. The van der Waals surface area contributed by atoms with Gasteiger partial charge in [-0.25, -0.2) is 4.79 Å². The minimum Gasteiger partial charge on any atom is -0.478 e. The van der Waals surface area contributed by atoms with Gasteiger partial charge in [-0.2, -0.15) is 0 Å². The third-order valence-corrected chi connectivity index (χ3v) is 2.01. The number of rotatable bonds is 2. The number of ketones is 1. The van der Waals surface area contributed by atoms with Crippen molar-refractivity contribution in [3.8, 4) is 0 Å². The topological polar surface area (TPSA) is 54.4 Å². The molecule has 0 aromatic rings. The summed E-state index contributed by atoms with van der Waals surface area (Å²) in [6.07, 6.45) is 3.14. The Kier molecular flexibility index (Phi) is 2.66. The Morgan fingerprint density at radius 3 is 2.62 bits per heavy atom. The fourth-order valence-electron chi connectivity index (χ4n) is 1.27. The molecule has 0 heterocycles. The summed E-state index contributed by atoms with van der Waals surface area (Å²) in [6, 6.07) is 0. The molecule has 3 heteroatoms. The van der Waals surface area contributed by atoms with E-state index in [0.29, 0.717) is 5.57 Å². The quantitative estimate of drug-likeness (QED) is 0.701. The monoisotopic (exact) mass is 180 g/mol. The normalized spacial score (nSPS) is 17.0. The molecule has 0 amide bonds. The maximum atomic E-state index is 11.3. The molecule has 0 radical (unpaired) electrons. The van der Waals surface area contributed by atoms with Crippen LogP contribution in [-0.2, 0) is 9.59 Å². The minimum absolute atomic E-state index is 0.0278. The molecule has 1 N–H and O–H groups in total. The first-order chi connectivity index (χ1) is 6.02. The predicted octanol–water partition coefficient (Wildman–Crippen LogP) is 1.55. The van der Waals surface area contributed by atoms with Gasteiger partial charge in [-0.3, -0.25) is 4.79 Å². The summed E-state index contributed by atoms with van der Waals surface area (Å²) in [4.78, 5) is 21.9. The Balaban J connectivity index is 2.98. The highest BCUT2D eigenvalue weighted by molar-refractivity contribution is 6.03. The molecule has 0 aliphatic heterocycles. The number of carbonyl (C=O) groups excluding carboxylic acids is 1. The molecule has 0 spiro atoms. The van der Waals surface area contributed by atoms with E-state index in [1.54, 1.807) is 0 Å². The van der Waals surface area contributed by atoms with Crippen molar-refractivity contribution in [1.29, 1.82) is 0 Å². The summed E-state index contributed by atoms with van der Waals surface area (Å²) in [5.74, 6) is -0.846. The third kappa shape index (κ3) is 2.05. The van der Waals surface area contributed by atoms with E-state index in [1.165, 1.54) is 12.2 Å². The maximum Gasteiger partial charge on any atom is 0.335 e. The van der Waals surface area contributed by atoms with Gasteiger partial charge < -0.3 is 5.11 Å². The highest BCUT2D eigenvalue weighted by Crippen LogP contribution is 2.20. The Morgan fingerprint density at radius 2 is 2.15 bits per heavy atom. The van der Waals surface area contributed by atoms with Crippen LogP contribution >= 0.6 is 0 Å². The molecule has 0 bridgehead atoms. The highest BCUT2D eigenvalue weighted by atomic mass is 16.4. The summed E-state index contributed by atoms with van der Waals surface area (Å²) in [7, 11) is 0. The first kappa shape index (κ1) is 9.71. The zero-order chi connectivity index (χ0) is 10.0. The number of hydrogen-bond donors (Lipinski definition) is 1. The molecule has 1 aliphatic carbocycles. The summed E-state index contributed by atoms with van der Waals surface area (Å²) >= 11 is 0. The van der Waals surface area contributed by atoms with E-state index in [4.69, 9.17) is 5.11 Å². The summed E-state index contributed by atoms with van der Waals surface area (Å²) in [5.41, 5.74) is 0.836. The van der Waals surface area contributed by atoms with Crippen molar-refractivity contribution in [3.63, 3.8) is 0 Å². The lowest BCUT2D eigenvalue weighted by atomic mass is 9.90. The number of Topliss-reactive ketones (excluding diaryl/α,β-unsaturated/α-hetero) is 1. The summed E-state index contributed by atoms with van der Waals surface area (Å²) < 4.78 is 0. The van der Waals surface area contributed by atoms with Gasteiger partial charge in [0.05, 0.1) is 5.57 Å². The van der Waals surface area contributed by atoms with Gasteiger partial charge in [0.25, 0.3) is 0 Å².